The van der Waals surface area contributed by atoms with Crippen LogP contribution < -0.4 is 5.73 Å². The van der Waals surface area contributed by atoms with Gasteiger partial charge in [-0.15, -0.1) is 0 Å². The third kappa shape index (κ3) is 3.18. The molecule has 2 N–H and O–H groups in total. The third-order valence-corrected chi connectivity index (χ3v) is 3.21. The first-order valence-corrected chi connectivity index (χ1v) is 5.52. The Morgan fingerprint density at radius 1 is 1.47 bits per heavy atom. The van der Waals surface area contributed by atoms with Gasteiger partial charge in [0.15, 0.2) is 0 Å². The van der Waals surface area contributed by atoms with E-state index in [-0.39, 0.29) is 11.2 Å². The summed E-state index contributed by atoms with van der Waals surface area (Å²) < 4.78 is 13.5. The number of benzene rings is 1. The highest BCUT2D eigenvalue weighted by Gasteiger charge is 2.22. The van der Waals surface area contributed by atoms with Crippen molar-refractivity contribution in [3.05, 3.63) is 34.6 Å². The Morgan fingerprint density at radius 3 is 2.60 bits per heavy atom. The molecule has 0 aliphatic heterocycles. The Kier molecular flexibility index (Phi) is 4.12. The molecule has 0 aliphatic rings. The molecule has 0 saturated heterocycles. The normalized spacial score (nSPS) is 15.0. The van der Waals surface area contributed by atoms with Gasteiger partial charge in [0.25, 0.3) is 0 Å². The fraction of sp³-hybridized carbons (Fsp3) is 0.500. The van der Waals surface area contributed by atoms with Crippen LogP contribution in [0.4, 0.5) is 4.39 Å². The van der Waals surface area contributed by atoms with Gasteiger partial charge in [-0.05, 0) is 42.5 Å². The van der Waals surface area contributed by atoms with Crippen LogP contribution in [0.25, 0.3) is 0 Å². The van der Waals surface area contributed by atoms with Crippen LogP contribution in [0.1, 0.15) is 25.8 Å². The molecule has 0 aromatic heterocycles. The standard InChI is InChI=1S/C12H17ClFN/c1-3-12(2,8-15)7-9-4-5-10(13)6-11(9)14/h4-6H,3,7-8,15H2,1-2H3. The molecule has 0 radical (unpaired) electrons. The maximum absolute atomic E-state index is 13.5. The van der Waals surface area contributed by atoms with E-state index in [2.05, 4.69) is 13.8 Å². The lowest BCUT2D eigenvalue weighted by atomic mass is 9.81. The van der Waals surface area contributed by atoms with E-state index in [1.54, 1.807) is 12.1 Å². The predicted octanol–water partition coefficient (Wildman–Crippen LogP) is 3.40. The largest absolute Gasteiger partial charge is 0.330 e. The molecule has 1 nitrogen and oxygen atoms in total. The molecule has 1 unspecified atom stereocenters. The summed E-state index contributed by atoms with van der Waals surface area (Å²) in [5.74, 6) is -0.240. The summed E-state index contributed by atoms with van der Waals surface area (Å²) in [4.78, 5) is 0. The van der Waals surface area contributed by atoms with Crippen molar-refractivity contribution >= 4 is 11.6 Å². The molecule has 84 valence electrons. The smallest absolute Gasteiger partial charge is 0.127 e. The van der Waals surface area contributed by atoms with E-state index in [4.69, 9.17) is 17.3 Å². The average Bonchev–Trinajstić information content (AvgIpc) is 2.22. The minimum Gasteiger partial charge on any atom is -0.330 e. The zero-order valence-corrected chi connectivity index (χ0v) is 9.94. The van der Waals surface area contributed by atoms with Gasteiger partial charge in [0, 0.05) is 5.02 Å². The maximum atomic E-state index is 13.5. The molecule has 0 heterocycles. The molecular weight excluding hydrogens is 213 g/mol. The Morgan fingerprint density at radius 2 is 2.13 bits per heavy atom. The molecule has 1 atom stereocenters. The Hall–Kier alpha value is -0.600. The molecule has 0 bridgehead atoms. The van der Waals surface area contributed by atoms with Crippen molar-refractivity contribution in [3.8, 4) is 0 Å². The molecule has 0 aliphatic carbocycles. The van der Waals surface area contributed by atoms with E-state index in [0.717, 1.165) is 6.42 Å². The first kappa shape index (κ1) is 12.5. The Labute approximate surface area is 95.4 Å². The third-order valence-electron chi connectivity index (χ3n) is 2.98. The quantitative estimate of drug-likeness (QED) is 0.842. The second kappa shape index (κ2) is 4.95. The summed E-state index contributed by atoms with van der Waals surface area (Å²) >= 11 is 5.69. The number of nitrogens with two attached hydrogens (primary N) is 1. The lowest BCUT2D eigenvalue weighted by Gasteiger charge is -2.26. The molecule has 1 aromatic carbocycles. The van der Waals surface area contributed by atoms with Crippen LogP contribution in [0.2, 0.25) is 5.02 Å². The van der Waals surface area contributed by atoms with Crippen molar-refractivity contribution in [1.29, 1.82) is 0 Å². The molecule has 0 saturated carbocycles. The van der Waals surface area contributed by atoms with Gasteiger partial charge in [-0.3, -0.25) is 0 Å². The second-order valence-electron chi connectivity index (χ2n) is 4.28. The van der Waals surface area contributed by atoms with E-state index in [1.807, 2.05) is 0 Å². The highest BCUT2D eigenvalue weighted by molar-refractivity contribution is 6.30. The molecule has 0 amide bonds. The van der Waals surface area contributed by atoms with Crippen molar-refractivity contribution in [2.24, 2.45) is 11.1 Å². The Balaban J connectivity index is 2.89. The topological polar surface area (TPSA) is 26.0 Å². The van der Waals surface area contributed by atoms with E-state index < -0.39 is 0 Å². The first-order valence-electron chi connectivity index (χ1n) is 5.15. The summed E-state index contributed by atoms with van der Waals surface area (Å²) in [7, 11) is 0. The highest BCUT2D eigenvalue weighted by Crippen LogP contribution is 2.27. The van der Waals surface area contributed by atoms with Crippen LogP contribution in [0, 0.1) is 11.2 Å². The number of hydrogen-bond donors (Lipinski definition) is 1. The number of rotatable bonds is 4. The van der Waals surface area contributed by atoms with Gasteiger partial charge in [-0.25, -0.2) is 4.39 Å². The molecular formula is C12H17ClFN. The van der Waals surface area contributed by atoms with Gasteiger partial charge >= 0.3 is 0 Å². The van der Waals surface area contributed by atoms with Crippen LogP contribution in [0.15, 0.2) is 18.2 Å². The molecule has 15 heavy (non-hydrogen) atoms. The van der Waals surface area contributed by atoms with Gasteiger partial charge in [-0.1, -0.05) is 31.5 Å². The fourth-order valence-electron chi connectivity index (χ4n) is 1.47. The van der Waals surface area contributed by atoms with E-state index >= 15 is 0 Å². The van der Waals surface area contributed by atoms with Gasteiger partial charge in [0.05, 0.1) is 0 Å². The van der Waals surface area contributed by atoms with Crippen molar-refractivity contribution in [2.45, 2.75) is 26.7 Å². The number of hydrogen-bond acceptors (Lipinski definition) is 1. The van der Waals surface area contributed by atoms with Crippen LogP contribution in [-0.2, 0) is 6.42 Å². The minimum absolute atomic E-state index is 0.0331. The molecule has 0 fully saturated rings. The maximum Gasteiger partial charge on any atom is 0.127 e. The Bertz CT molecular complexity index is 334. The van der Waals surface area contributed by atoms with Gasteiger partial charge < -0.3 is 5.73 Å². The molecule has 1 aromatic rings. The van der Waals surface area contributed by atoms with Crippen LogP contribution in [0.5, 0.6) is 0 Å². The molecule has 1 rings (SSSR count). The van der Waals surface area contributed by atoms with Crippen molar-refractivity contribution in [2.75, 3.05) is 6.54 Å². The first-order chi connectivity index (χ1) is 7.00. The monoisotopic (exact) mass is 229 g/mol. The van der Waals surface area contributed by atoms with Gasteiger partial charge in [0.2, 0.25) is 0 Å². The second-order valence-corrected chi connectivity index (χ2v) is 4.72. The van der Waals surface area contributed by atoms with Crippen molar-refractivity contribution in [3.63, 3.8) is 0 Å². The summed E-state index contributed by atoms with van der Waals surface area (Å²) in [5.41, 5.74) is 6.35. The lowest BCUT2D eigenvalue weighted by molar-refractivity contribution is 0.316. The SMILES string of the molecule is CCC(C)(CN)Cc1ccc(Cl)cc1F. The molecule has 3 heteroatoms. The highest BCUT2D eigenvalue weighted by atomic mass is 35.5. The summed E-state index contributed by atoms with van der Waals surface area (Å²) in [6.07, 6.45) is 1.59. The summed E-state index contributed by atoms with van der Waals surface area (Å²) in [6, 6.07) is 4.80. The van der Waals surface area contributed by atoms with Crippen LogP contribution in [0.3, 0.4) is 0 Å². The van der Waals surface area contributed by atoms with Crippen molar-refractivity contribution < 1.29 is 4.39 Å². The van der Waals surface area contributed by atoms with Crippen LogP contribution in [-0.4, -0.2) is 6.54 Å². The lowest BCUT2D eigenvalue weighted by Crippen LogP contribution is -2.29. The van der Waals surface area contributed by atoms with E-state index in [1.165, 1.54) is 6.07 Å². The zero-order chi connectivity index (χ0) is 11.5. The average molecular weight is 230 g/mol. The number of halogens is 2. The molecule has 0 spiro atoms. The van der Waals surface area contributed by atoms with E-state index in [0.29, 0.717) is 23.6 Å². The zero-order valence-electron chi connectivity index (χ0n) is 9.19. The fourth-order valence-corrected chi connectivity index (χ4v) is 1.63. The van der Waals surface area contributed by atoms with Gasteiger partial charge in [0.1, 0.15) is 5.82 Å². The van der Waals surface area contributed by atoms with Gasteiger partial charge in [-0.2, -0.15) is 0 Å². The van der Waals surface area contributed by atoms with E-state index in [9.17, 15) is 4.39 Å². The summed E-state index contributed by atoms with van der Waals surface area (Å²) in [6.45, 7) is 4.70. The predicted molar refractivity (Wildman–Crippen MR) is 62.6 cm³/mol. The van der Waals surface area contributed by atoms with Crippen molar-refractivity contribution in [1.82, 2.24) is 0 Å². The van der Waals surface area contributed by atoms with Crippen LogP contribution >= 0.6 is 11.6 Å². The minimum atomic E-state index is -0.240. The summed E-state index contributed by atoms with van der Waals surface area (Å²) in [5, 5.41) is 0.433.